The van der Waals surface area contributed by atoms with E-state index in [2.05, 4.69) is 0 Å². The van der Waals surface area contributed by atoms with E-state index in [9.17, 15) is 24.3 Å². The molecule has 4 amide bonds. The van der Waals surface area contributed by atoms with E-state index < -0.39 is 35.0 Å². The van der Waals surface area contributed by atoms with E-state index in [0.29, 0.717) is 34.1 Å². The highest BCUT2D eigenvalue weighted by atomic mass is 35.5. The van der Waals surface area contributed by atoms with Gasteiger partial charge in [0.1, 0.15) is 17.3 Å². The number of carbonyl (C=O) groups excluding carboxylic acids is 4. The summed E-state index contributed by atoms with van der Waals surface area (Å²) in [5.74, 6) is -3.70. The summed E-state index contributed by atoms with van der Waals surface area (Å²) in [5, 5.41) is 17.9. The third-order valence-electron chi connectivity index (χ3n) is 11.5. The van der Waals surface area contributed by atoms with Crippen LogP contribution in [0.25, 0.3) is 20.7 Å². The molecule has 11 heteroatoms. The number of hydrogen-bond donors (Lipinski definition) is 1. The zero-order valence-electron chi connectivity index (χ0n) is 27.3. The number of amides is 4. The molecule has 48 heavy (non-hydrogen) atoms. The van der Waals surface area contributed by atoms with Crippen LogP contribution >= 0.6 is 22.9 Å². The minimum atomic E-state index is -1.26. The van der Waals surface area contributed by atoms with Crippen LogP contribution < -0.4 is 4.90 Å². The molecule has 9 nitrogen and oxygen atoms in total. The summed E-state index contributed by atoms with van der Waals surface area (Å²) in [5.41, 5.74) is 2.45. The second kappa shape index (κ2) is 10.6. The zero-order chi connectivity index (χ0) is 34.0. The van der Waals surface area contributed by atoms with Crippen LogP contribution in [0.5, 0.6) is 5.75 Å². The monoisotopic (exact) mass is 682 g/mol. The molecule has 0 spiro atoms. The first-order valence-corrected chi connectivity index (χ1v) is 17.5. The number of nitrogens with zero attached hydrogens (tertiary/aromatic N) is 4. The van der Waals surface area contributed by atoms with Gasteiger partial charge in [-0.3, -0.25) is 28.8 Å². The summed E-state index contributed by atoms with van der Waals surface area (Å²) in [6.45, 7) is 7.72. The predicted molar refractivity (Wildman–Crippen MR) is 184 cm³/mol. The van der Waals surface area contributed by atoms with Crippen molar-refractivity contribution in [2.45, 2.75) is 46.5 Å². The lowest BCUT2D eigenvalue weighted by Crippen LogP contribution is -2.49. The van der Waals surface area contributed by atoms with Crippen LogP contribution in [0.3, 0.4) is 0 Å². The van der Waals surface area contributed by atoms with E-state index in [4.69, 9.17) is 16.7 Å². The molecule has 8 rings (SSSR count). The smallest absolute Gasteiger partial charge is 0.242 e. The lowest BCUT2D eigenvalue weighted by molar-refractivity contribution is -0.140. The van der Waals surface area contributed by atoms with Crippen molar-refractivity contribution in [2.75, 3.05) is 11.4 Å². The third kappa shape index (κ3) is 3.99. The largest absolute Gasteiger partial charge is 0.507 e. The van der Waals surface area contributed by atoms with Crippen molar-refractivity contribution < 1.29 is 24.3 Å². The molecule has 6 atom stereocenters. The number of phenols is 1. The molecule has 2 saturated heterocycles. The van der Waals surface area contributed by atoms with Gasteiger partial charge in [-0.2, -0.15) is 5.10 Å². The van der Waals surface area contributed by atoms with Gasteiger partial charge < -0.3 is 5.11 Å². The van der Waals surface area contributed by atoms with Gasteiger partial charge in [0.25, 0.3) is 0 Å². The predicted octanol–water partition coefficient (Wildman–Crippen LogP) is 6.53. The summed E-state index contributed by atoms with van der Waals surface area (Å²) in [6.07, 6.45) is 2.63. The Morgan fingerprint density at radius 3 is 2.56 bits per heavy atom. The zero-order valence-corrected chi connectivity index (χ0v) is 28.9. The van der Waals surface area contributed by atoms with Gasteiger partial charge in [-0.1, -0.05) is 41.4 Å². The number of benzene rings is 2. The number of aryl methyl sites for hydroxylation is 3. The minimum Gasteiger partial charge on any atom is -0.507 e. The van der Waals surface area contributed by atoms with E-state index in [1.165, 1.54) is 9.80 Å². The first kappa shape index (κ1) is 31.0. The highest BCUT2D eigenvalue weighted by molar-refractivity contribution is 7.22. The average Bonchev–Trinajstić information content (AvgIpc) is 3.72. The molecule has 3 fully saturated rings. The number of fused-ring (bicyclic) bond motifs is 5. The average molecular weight is 683 g/mol. The molecule has 2 aliphatic carbocycles. The molecule has 1 saturated carbocycles. The standard InChI is InChI=1S/C37H35ClN4O5S/c1-6-41-33(44)21-12-11-20-24(29(21)35(41)46)15-25-34(45)42(36(47)37(25,4)30(20)22-9-7-8-17(2)31(22)43)28-16-26(39-40(28)5)32-18(3)23-14-19(38)10-13-27(23)48-32/h7-11,13-14,16,21,24-25,29-30,43H,6,12,15H2,1-5H3/t21-,24+,25-,29-,30+,37+/m0/s1. The van der Waals surface area contributed by atoms with Gasteiger partial charge in [0.2, 0.25) is 23.6 Å². The van der Waals surface area contributed by atoms with Gasteiger partial charge in [0.15, 0.2) is 0 Å². The molecule has 2 aromatic heterocycles. The van der Waals surface area contributed by atoms with Crippen molar-refractivity contribution in [2.24, 2.45) is 36.1 Å². The Morgan fingerprint density at radius 1 is 1.04 bits per heavy atom. The summed E-state index contributed by atoms with van der Waals surface area (Å²) < 4.78 is 2.63. The summed E-state index contributed by atoms with van der Waals surface area (Å²) in [4.78, 5) is 60.1. The van der Waals surface area contributed by atoms with Gasteiger partial charge >= 0.3 is 0 Å². The van der Waals surface area contributed by atoms with Crippen LogP contribution in [0.15, 0.2) is 54.1 Å². The second-order valence-corrected chi connectivity index (χ2v) is 15.3. The Hall–Kier alpha value is -4.28. The number of rotatable bonds is 4. The Bertz CT molecular complexity index is 2150. The maximum Gasteiger partial charge on any atom is 0.242 e. The first-order valence-electron chi connectivity index (χ1n) is 16.3. The number of hydrogen-bond acceptors (Lipinski definition) is 7. The number of carbonyl (C=O) groups is 4. The fraction of sp³-hybridized carbons (Fsp3) is 0.378. The van der Waals surface area contributed by atoms with Crippen LogP contribution in [0, 0.1) is 42.9 Å². The molecule has 0 bridgehead atoms. The van der Waals surface area contributed by atoms with Crippen LogP contribution in [0.2, 0.25) is 5.02 Å². The number of phenolic OH excluding ortho intramolecular Hbond substituents is 1. The molecule has 4 aliphatic rings. The number of thiophene rings is 1. The van der Waals surface area contributed by atoms with Crippen LogP contribution in [0.4, 0.5) is 5.82 Å². The van der Waals surface area contributed by atoms with Gasteiger partial charge in [0.05, 0.1) is 28.0 Å². The Morgan fingerprint density at radius 2 is 1.81 bits per heavy atom. The lowest BCUT2D eigenvalue weighted by Gasteiger charge is -2.49. The van der Waals surface area contributed by atoms with Crippen molar-refractivity contribution in [3.05, 3.63) is 75.8 Å². The van der Waals surface area contributed by atoms with Gasteiger partial charge in [-0.05, 0) is 81.2 Å². The number of aromatic hydroxyl groups is 1. The fourth-order valence-corrected chi connectivity index (χ4v) is 10.4. The molecular formula is C37H35ClN4O5S. The van der Waals surface area contributed by atoms with E-state index in [1.807, 2.05) is 50.3 Å². The van der Waals surface area contributed by atoms with Crippen molar-refractivity contribution >= 4 is 62.5 Å². The van der Waals surface area contributed by atoms with E-state index >= 15 is 0 Å². The molecule has 4 aromatic rings. The van der Waals surface area contributed by atoms with Crippen molar-refractivity contribution in [3.8, 4) is 16.3 Å². The van der Waals surface area contributed by atoms with Gasteiger partial charge in [0, 0.05) is 40.9 Å². The number of likely N-dealkylation sites (tertiary alicyclic amines) is 1. The molecule has 2 aliphatic heterocycles. The normalized spacial score (nSPS) is 28.3. The number of imide groups is 2. The molecule has 246 valence electrons. The quantitative estimate of drug-likeness (QED) is 0.194. The van der Waals surface area contributed by atoms with Crippen LogP contribution in [0.1, 0.15) is 49.3 Å². The number of allylic oxidation sites excluding steroid dienone is 2. The van der Waals surface area contributed by atoms with Crippen molar-refractivity contribution in [1.29, 1.82) is 0 Å². The fourth-order valence-electron chi connectivity index (χ4n) is 9.08. The molecule has 4 heterocycles. The highest BCUT2D eigenvalue weighted by Crippen LogP contribution is 2.64. The molecule has 0 radical (unpaired) electrons. The molecule has 2 aromatic carbocycles. The Balaban J connectivity index is 1.26. The SMILES string of the molecule is CCN1C(=O)[C@H]2[C@H](CC=C3[C@H]2C[C@H]2C(=O)N(c4cc(-c5sc6ccc(Cl)cc6c5C)nn4C)C(=O)[C@@]2(C)[C@H]3c2cccc(C)c2O)C1=O. The van der Waals surface area contributed by atoms with E-state index in [-0.39, 0.29) is 42.3 Å². The van der Waals surface area contributed by atoms with Crippen molar-refractivity contribution in [1.82, 2.24) is 14.7 Å². The molecular weight excluding hydrogens is 648 g/mol. The Kier molecular flexibility index (Phi) is 6.85. The lowest BCUT2D eigenvalue weighted by atomic mass is 9.51. The number of anilines is 1. The number of halogens is 1. The summed E-state index contributed by atoms with van der Waals surface area (Å²) in [7, 11) is 1.72. The summed E-state index contributed by atoms with van der Waals surface area (Å²) >= 11 is 7.87. The van der Waals surface area contributed by atoms with Crippen LogP contribution in [-0.4, -0.2) is 50.0 Å². The molecule has 0 unspecified atom stereocenters. The maximum absolute atomic E-state index is 14.9. The van der Waals surface area contributed by atoms with Crippen LogP contribution in [-0.2, 0) is 26.2 Å². The highest BCUT2D eigenvalue weighted by Gasteiger charge is 2.68. The van der Waals surface area contributed by atoms with E-state index in [1.54, 1.807) is 49.0 Å². The van der Waals surface area contributed by atoms with Gasteiger partial charge in [-0.25, -0.2) is 4.90 Å². The maximum atomic E-state index is 14.9. The summed E-state index contributed by atoms with van der Waals surface area (Å²) in [6, 6.07) is 13.0. The topological polar surface area (TPSA) is 113 Å². The molecule has 1 N–H and O–H groups in total. The first-order chi connectivity index (χ1) is 22.9. The van der Waals surface area contributed by atoms with Crippen molar-refractivity contribution in [3.63, 3.8) is 0 Å². The minimum absolute atomic E-state index is 0.0667. The second-order valence-electron chi connectivity index (χ2n) is 13.8. The Labute approximate surface area is 286 Å². The number of aromatic nitrogens is 2. The van der Waals surface area contributed by atoms with Gasteiger partial charge in [-0.15, -0.1) is 11.3 Å². The third-order valence-corrected chi connectivity index (χ3v) is 13.0. The number of para-hydroxylation sites is 1. The van der Waals surface area contributed by atoms with E-state index in [0.717, 1.165) is 26.1 Å².